The van der Waals surface area contributed by atoms with Crippen molar-refractivity contribution in [3.63, 3.8) is 0 Å². The average molecular weight is 394 g/mol. The molecule has 0 atom stereocenters. The summed E-state index contributed by atoms with van der Waals surface area (Å²) >= 11 is 0. The highest BCUT2D eigenvalue weighted by atomic mass is 19.1. The number of oxazole rings is 1. The first kappa shape index (κ1) is 18.7. The molecule has 8 heteroatoms. The Morgan fingerprint density at radius 3 is 2.83 bits per heavy atom. The van der Waals surface area contributed by atoms with Crippen molar-refractivity contribution in [2.75, 3.05) is 23.3 Å². The van der Waals surface area contributed by atoms with Crippen molar-refractivity contribution < 1.29 is 18.0 Å². The van der Waals surface area contributed by atoms with Gasteiger partial charge in [0.15, 0.2) is 5.76 Å². The summed E-state index contributed by atoms with van der Waals surface area (Å²) in [5, 5.41) is 12.2. The van der Waals surface area contributed by atoms with Crippen LogP contribution in [-0.4, -0.2) is 24.0 Å². The first-order valence-corrected chi connectivity index (χ1v) is 9.32. The fourth-order valence-electron chi connectivity index (χ4n) is 3.41. The molecule has 148 valence electrons. The maximum Gasteiger partial charge on any atom is 0.266 e. The number of nitriles is 1. The van der Waals surface area contributed by atoms with Crippen LogP contribution in [0.25, 0.3) is 11.7 Å². The third-order valence-electron chi connectivity index (χ3n) is 5.06. The summed E-state index contributed by atoms with van der Waals surface area (Å²) in [6.45, 7) is 2.91. The van der Waals surface area contributed by atoms with Crippen LogP contribution < -0.4 is 10.2 Å². The van der Waals surface area contributed by atoms with E-state index in [1.165, 1.54) is 18.4 Å². The largest absolute Gasteiger partial charge is 0.459 e. The van der Waals surface area contributed by atoms with Gasteiger partial charge in [-0.25, -0.2) is 4.39 Å². The number of aryl methyl sites for hydroxylation is 1. The Kier molecular flexibility index (Phi) is 5.04. The summed E-state index contributed by atoms with van der Waals surface area (Å²) in [5.74, 6) is 0.372. The van der Waals surface area contributed by atoms with E-state index in [0.29, 0.717) is 43.3 Å². The molecule has 0 aliphatic carbocycles. The Morgan fingerprint density at radius 1 is 1.34 bits per heavy atom. The molecule has 1 fully saturated rings. The van der Waals surface area contributed by atoms with E-state index in [1.54, 1.807) is 18.2 Å². The number of rotatable bonds is 4. The zero-order valence-corrected chi connectivity index (χ0v) is 15.8. The monoisotopic (exact) mass is 394 g/mol. The average Bonchev–Trinajstić information content (AvgIpc) is 3.40. The second-order valence-corrected chi connectivity index (χ2v) is 6.97. The molecule has 0 radical (unpaired) electrons. The van der Waals surface area contributed by atoms with Gasteiger partial charge in [-0.15, -0.1) is 0 Å². The summed E-state index contributed by atoms with van der Waals surface area (Å²) in [4.78, 5) is 18.7. The highest BCUT2D eigenvalue weighted by Gasteiger charge is 2.29. The lowest BCUT2D eigenvalue weighted by Crippen LogP contribution is -2.38. The molecular weight excluding hydrogens is 375 g/mol. The Morgan fingerprint density at radius 2 is 2.14 bits per heavy atom. The molecule has 1 aromatic carbocycles. The van der Waals surface area contributed by atoms with Gasteiger partial charge < -0.3 is 19.1 Å². The van der Waals surface area contributed by atoms with Gasteiger partial charge in [-0.3, -0.25) is 4.79 Å². The van der Waals surface area contributed by atoms with Gasteiger partial charge in [-0.05, 0) is 49.6 Å². The Bertz CT molecular complexity index is 1060. The smallest absolute Gasteiger partial charge is 0.266 e. The number of carbonyl (C=O) groups is 1. The minimum absolute atomic E-state index is 0.132. The number of benzene rings is 1. The lowest BCUT2D eigenvalue weighted by atomic mass is 9.95. The van der Waals surface area contributed by atoms with Crippen LogP contribution in [-0.2, 0) is 4.79 Å². The number of amides is 1. The number of halogens is 1. The van der Waals surface area contributed by atoms with Gasteiger partial charge in [0, 0.05) is 24.7 Å². The molecule has 1 aliphatic heterocycles. The number of nitrogens with one attached hydrogen (secondary N) is 1. The SMILES string of the molecule is Cc1ccc(F)cc1NC(=O)C1CCN(c2oc(-c3ccco3)nc2C#N)CC1. The third-order valence-corrected chi connectivity index (χ3v) is 5.06. The number of carbonyl (C=O) groups excluding carboxylic acids is 1. The second kappa shape index (κ2) is 7.80. The molecule has 0 saturated carbocycles. The number of aromatic nitrogens is 1. The van der Waals surface area contributed by atoms with Crippen LogP contribution >= 0.6 is 0 Å². The predicted octanol–water partition coefficient (Wildman–Crippen LogP) is 4.11. The van der Waals surface area contributed by atoms with Gasteiger partial charge in [-0.1, -0.05) is 6.07 Å². The molecule has 1 saturated heterocycles. The summed E-state index contributed by atoms with van der Waals surface area (Å²) in [6, 6.07) is 9.81. The molecule has 0 unspecified atom stereocenters. The molecule has 7 nitrogen and oxygen atoms in total. The second-order valence-electron chi connectivity index (χ2n) is 6.97. The van der Waals surface area contributed by atoms with Crippen molar-refractivity contribution >= 4 is 17.5 Å². The van der Waals surface area contributed by atoms with Crippen molar-refractivity contribution in [2.45, 2.75) is 19.8 Å². The van der Waals surface area contributed by atoms with E-state index in [4.69, 9.17) is 8.83 Å². The van der Waals surface area contributed by atoms with E-state index in [0.717, 1.165) is 5.56 Å². The maximum atomic E-state index is 13.4. The van der Waals surface area contributed by atoms with Crippen LogP contribution in [0, 0.1) is 30.0 Å². The summed E-state index contributed by atoms with van der Waals surface area (Å²) < 4.78 is 24.5. The number of anilines is 2. The van der Waals surface area contributed by atoms with Crippen molar-refractivity contribution in [2.24, 2.45) is 5.92 Å². The fraction of sp³-hybridized carbons (Fsp3) is 0.286. The van der Waals surface area contributed by atoms with Crippen molar-refractivity contribution in [1.29, 1.82) is 5.26 Å². The quantitative estimate of drug-likeness (QED) is 0.716. The van der Waals surface area contributed by atoms with E-state index in [2.05, 4.69) is 16.4 Å². The van der Waals surface area contributed by atoms with Crippen LogP contribution in [0.1, 0.15) is 24.1 Å². The molecule has 4 rings (SSSR count). The van der Waals surface area contributed by atoms with Gasteiger partial charge in [0.2, 0.25) is 17.5 Å². The fourth-order valence-corrected chi connectivity index (χ4v) is 3.41. The number of hydrogen-bond donors (Lipinski definition) is 1. The third kappa shape index (κ3) is 3.85. The molecule has 0 bridgehead atoms. The van der Waals surface area contributed by atoms with Gasteiger partial charge >= 0.3 is 0 Å². The molecule has 0 spiro atoms. The normalized spacial score (nSPS) is 14.6. The molecule has 1 amide bonds. The van der Waals surface area contributed by atoms with Gasteiger partial charge in [0.05, 0.1) is 6.26 Å². The minimum Gasteiger partial charge on any atom is -0.459 e. The van der Waals surface area contributed by atoms with Gasteiger partial charge in [0.25, 0.3) is 5.89 Å². The van der Waals surface area contributed by atoms with E-state index in [9.17, 15) is 14.4 Å². The molecule has 29 heavy (non-hydrogen) atoms. The molecule has 3 heterocycles. The van der Waals surface area contributed by atoms with Crippen molar-refractivity contribution in [1.82, 2.24) is 4.98 Å². The van der Waals surface area contributed by atoms with Crippen LogP contribution in [0.2, 0.25) is 0 Å². The summed E-state index contributed by atoms with van der Waals surface area (Å²) in [5.41, 5.74) is 1.49. The topological polar surface area (TPSA) is 95.3 Å². The summed E-state index contributed by atoms with van der Waals surface area (Å²) in [6.07, 6.45) is 2.68. The van der Waals surface area contributed by atoms with Crippen LogP contribution in [0.5, 0.6) is 0 Å². The van der Waals surface area contributed by atoms with Gasteiger partial charge in [-0.2, -0.15) is 10.2 Å². The Hall–Kier alpha value is -3.60. The molecular formula is C21H19FN4O3. The van der Waals surface area contributed by atoms with E-state index in [-0.39, 0.29) is 29.2 Å². The first-order chi connectivity index (χ1) is 14.0. The number of piperidine rings is 1. The first-order valence-electron chi connectivity index (χ1n) is 9.32. The number of nitrogens with zero attached hydrogens (tertiary/aromatic N) is 3. The van der Waals surface area contributed by atoms with E-state index < -0.39 is 0 Å². The van der Waals surface area contributed by atoms with Crippen LogP contribution in [0.15, 0.2) is 45.4 Å². The zero-order chi connectivity index (χ0) is 20.4. The molecule has 1 N–H and O–H groups in total. The lowest BCUT2D eigenvalue weighted by molar-refractivity contribution is -0.120. The number of hydrogen-bond acceptors (Lipinski definition) is 6. The van der Waals surface area contributed by atoms with Crippen LogP contribution in [0.3, 0.4) is 0 Å². The molecule has 1 aliphatic rings. The Balaban J connectivity index is 1.42. The predicted molar refractivity (Wildman–Crippen MR) is 104 cm³/mol. The summed E-state index contributed by atoms with van der Waals surface area (Å²) in [7, 11) is 0. The minimum atomic E-state index is -0.387. The van der Waals surface area contributed by atoms with Crippen molar-refractivity contribution in [3.05, 3.63) is 53.7 Å². The zero-order valence-electron chi connectivity index (χ0n) is 15.8. The highest BCUT2D eigenvalue weighted by molar-refractivity contribution is 5.93. The molecule has 2 aromatic heterocycles. The van der Waals surface area contributed by atoms with Crippen molar-refractivity contribution in [3.8, 4) is 17.7 Å². The Labute approximate surface area is 166 Å². The van der Waals surface area contributed by atoms with Crippen LogP contribution in [0.4, 0.5) is 16.0 Å². The van der Waals surface area contributed by atoms with E-state index >= 15 is 0 Å². The lowest BCUT2D eigenvalue weighted by Gasteiger charge is -2.31. The van der Waals surface area contributed by atoms with Gasteiger partial charge in [0.1, 0.15) is 11.9 Å². The highest BCUT2D eigenvalue weighted by Crippen LogP contribution is 2.31. The number of furan rings is 1. The molecule has 3 aromatic rings. The standard InChI is InChI=1S/C21H19FN4O3/c1-13-4-5-15(22)11-16(13)24-19(27)14-6-8-26(9-7-14)21-17(12-23)25-20(29-21)18-3-2-10-28-18/h2-5,10-11,14H,6-9H2,1H3,(H,24,27). The van der Waals surface area contributed by atoms with E-state index in [1.807, 2.05) is 11.8 Å². The maximum absolute atomic E-state index is 13.4.